The Morgan fingerprint density at radius 1 is 1.06 bits per heavy atom. The number of nitrogens with one attached hydrogen (secondary N) is 1. The molecule has 0 aromatic heterocycles. The van der Waals surface area contributed by atoms with Crippen molar-refractivity contribution in [1.82, 2.24) is 5.32 Å². The Kier molecular flexibility index (Phi) is 2.99. The Balaban J connectivity index is 1.77. The summed E-state index contributed by atoms with van der Waals surface area (Å²) in [6.45, 7) is 6.83. The summed E-state index contributed by atoms with van der Waals surface area (Å²) in [5, 5.41) is 3.77. The third kappa shape index (κ3) is 2.39. The lowest BCUT2D eigenvalue weighted by Gasteiger charge is -2.45. The topological polar surface area (TPSA) is 21.3 Å². The third-order valence-corrected chi connectivity index (χ3v) is 5.19. The van der Waals surface area contributed by atoms with Crippen LogP contribution in [0.25, 0.3) is 0 Å². The van der Waals surface area contributed by atoms with E-state index in [1.54, 1.807) is 0 Å². The minimum absolute atomic E-state index is 0.188. The van der Waals surface area contributed by atoms with Gasteiger partial charge in [-0.25, -0.2) is 0 Å². The van der Waals surface area contributed by atoms with Gasteiger partial charge in [-0.3, -0.25) is 0 Å². The van der Waals surface area contributed by atoms with Crippen molar-refractivity contribution >= 4 is 0 Å². The number of rotatable bonds is 1. The molecule has 0 aromatic rings. The smallest absolute Gasteiger partial charge is 0.0838 e. The second-order valence-electron chi connectivity index (χ2n) is 7.20. The highest BCUT2D eigenvalue weighted by molar-refractivity contribution is 5.04. The fraction of sp³-hybridized carbons (Fsp3) is 1.00. The zero-order valence-electron chi connectivity index (χ0n) is 11.4. The summed E-state index contributed by atoms with van der Waals surface area (Å²) < 4.78 is 6.33. The van der Waals surface area contributed by atoms with Gasteiger partial charge in [0.05, 0.1) is 12.2 Å². The Morgan fingerprint density at radius 2 is 1.88 bits per heavy atom. The van der Waals surface area contributed by atoms with Crippen LogP contribution >= 0.6 is 0 Å². The molecule has 0 bridgehead atoms. The van der Waals surface area contributed by atoms with Crippen LogP contribution in [-0.4, -0.2) is 24.8 Å². The lowest BCUT2D eigenvalue weighted by molar-refractivity contribution is -0.112. The predicted octanol–water partition coefficient (Wildman–Crippen LogP) is 3.11. The lowest BCUT2D eigenvalue weighted by atomic mass is 9.80. The Bertz CT molecular complexity index is 285. The lowest BCUT2D eigenvalue weighted by Crippen LogP contribution is -2.59. The van der Waals surface area contributed by atoms with Crippen LogP contribution in [0.4, 0.5) is 0 Å². The van der Waals surface area contributed by atoms with E-state index >= 15 is 0 Å². The van der Waals surface area contributed by atoms with Gasteiger partial charge in [-0.15, -0.1) is 0 Å². The zero-order chi connectivity index (χ0) is 11.9. The first-order chi connectivity index (χ1) is 8.11. The van der Waals surface area contributed by atoms with Crippen molar-refractivity contribution in [3.05, 3.63) is 0 Å². The van der Waals surface area contributed by atoms with E-state index in [-0.39, 0.29) is 5.60 Å². The molecular formula is C15H27NO. The first kappa shape index (κ1) is 12.0. The third-order valence-electron chi connectivity index (χ3n) is 5.19. The van der Waals surface area contributed by atoms with Gasteiger partial charge in [-0.2, -0.15) is 0 Å². The second kappa shape index (κ2) is 4.24. The number of hydrogen-bond acceptors (Lipinski definition) is 2. The van der Waals surface area contributed by atoms with E-state index < -0.39 is 0 Å². The molecular weight excluding hydrogens is 210 g/mol. The van der Waals surface area contributed by atoms with Crippen LogP contribution < -0.4 is 5.32 Å². The summed E-state index contributed by atoms with van der Waals surface area (Å²) >= 11 is 0. The zero-order valence-corrected chi connectivity index (χ0v) is 11.4. The maximum absolute atomic E-state index is 6.33. The van der Waals surface area contributed by atoms with E-state index in [2.05, 4.69) is 19.2 Å². The number of morpholine rings is 1. The van der Waals surface area contributed by atoms with Gasteiger partial charge in [-0.1, -0.05) is 13.8 Å². The molecule has 3 fully saturated rings. The summed E-state index contributed by atoms with van der Waals surface area (Å²) in [5.41, 5.74) is 0.714. The SMILES string of the molecule is CC1(C)CCCC2(CC1)OCCNC2C1CC1. The van der Waals surface area contributed by atoms with Gasteiger partial charge in [-0.05, 0) is 56.3 Å². The molecule has 17 heavy (non-hydrogen) atoms. The molecule has 2 unspecified atom stereocenters. The van der Waals surface area contributed by atoms with Crippen LogP contribution in [0.3, 0.4) is 0 Å². The molecule has 2 atom stereocenters. The standard InChI is InChI=1S/C15H27NO/c1-14(2)6-3-7-15(9-8-14)13(12-4-5-12)16-10-11-17-15/h12-13,16H,3-11H2,1-2H3. The molecule has 1 spiro atoms. The molecule has 0 amide bonds. The predicted molar refractivity (Wildman–Crippen MR) is 70.1 cm³/mol. The van der Waals surface area contributed by atoms with Crippen LogP contribution in [0.2, 0.25) is 0 Å². The molecule has 2 heteroatoms. The molecule has 98 valence electrons. The van der Waals surface area contributed by atoms with Gasteiger partial charge in [0.1, 0.15) is 0 Å². The molecule has 2 aliphatic carbocycles. The molecule has 2 saturated carbocycles. The Hall–Kier alpha value is -0.0800. The Labute approximate surface area is 105 Å². The van der Waals surface area contributed by atoms with Gasteiger partial charge in [0.25, 0.3) is 0 Å². The number of hydrogen-bond donors (Lipinski definition) is 1. The summed E-state index contributed by atoms with van der Waals surface area (Å²) in [7, 11) is 0. The average Bonchev–Trinajstić information content (AvgIpc) is 3.11. The molecule has 2 nitrogen and oxygen atoms in total. The average molecular weight is 237 g/mol. The van der Waals surface area contributed by atoms with E-state index in [4.69, 9.17) is 4.74 Å². The van der Waals surface area contributed by atoms with Crippen molar-refractivity contribution < 1.29 is 4.74 Å². The first-order valence-corrected chi connectivity index (χ1v) is 7.49. The van der Waals surface area contributed by atoms with Crippen molar-refractivity contribution in [2.75, 3.05) is 13.2 Å². The minimum Gasteiger partial charge on any atom is -0.372 e. The molecule has 3 aliphatic rings. The van der Waals surface area contributed by atoms with Gasteiger partial charge >= 0.3 is 0 Å². The molecule has 1 N–H and O–H groups in total. The van der Waals surface area contributed by atoms with Crippen LogP contribution in [-0.2, 0) is 4.74 Å². The van der Waals surface area contributed by atoms with Gasteiger partial charge in [0.2, 0.25) is 0 Å². The van der Waals surface area contributed by atoms with Crippen LogP contribution in [0.1, 0.15) is 58.8 Å². The van der Waals surface area contributed by atoms with Crippen LogP contribution in [0, 0.1) is 11.3 Å². The highest BCUT2D eigenvalue weighted by atomic mass is 16.5. The minimum atomic E-state index is 0.188. The van der Waals surface area contributed by atoms with Crippen LogP contribution in [0.15, 0.2) is 0 Å². The molecule has 3 rings (SSSR count). The monoisotopic (exact) mass is 237 g/mol. The highest BCUT2D eigenvalue weighted by Crippen LogP contribution is 2.47. The Morgan fingerprint density at radius 3 is 2.65 bits per heavy atom. The second-order valence-corrected chi connectivity index (χ2v) is 7.20. The van der Waals surface area contributed by atoms with Crippen molar-refractivity contribution in [3.8, 4) is 0 Å². The van der Waals surface area contributed by atoms with Gasteiger partial charge < -0.3 is 10.1 Å². The number of ether oxygens (including phenoxy) is 1. The van der Waals surface area contributed by atoms with Gasteiger partial charge in [0, 0.05) is 12.6 Å². The first-order valence-electron chi connectivity index (χ1n) is 7.49. The fourth-order valence-electron chi connectivity index (χ4n) is 3.89. The van der Waals surface area contributed by atoms with E-state index in [9.17, 15) is 0 Å². The van der Waals surface area contributed by atoms with E-state index in [1.807, 2.05) is 0 Å². The van der Waals surface area contributed by atoms with Crippen molar-refractivity contribution in [1.29, 1.82) is 0 Å². The molecule has 1 heterocycles. The van der Waals surface area contributed by atoms with E-state index in [0.29, 0.717) is 11.5 Å². The molecule has 0 aromatic carbocycles. The summed E-state index contributed by atoms with van der Waals surface area (Å²) in [5.74, 6) is 0.913. The highest BCUT2D eigenvalue weighted by Gasteiger charge is 2.50. The largest absolute Gasteiger partial charge is 0.372 e. The maximum atomic E-state index is 6.33. The van der Waals surface area contributed by atoms with E-state index in [1.165, 1.54) is 44.9 Å². The van der Waals surface area contributed by atoms with Crippen molar-refractivity contribution in [3.63, 3.8) is 0 Å². The summed E-state index contributed by atoms with van der Waals surface area (Å²) in [4.78, 5) is 0. The molecule has 1 saturated heterocycles. The van der Waals surface area contributed by atoms with E-state index in [0.717, 1.165) is 19.1 Å². The molecule has 0 radical (unpaired) electrons. The summed E-state index contributed by atoms with van der Waals surface area (Å²) in [6, 6.07) is 0.658. The summed E-state index contributed by atoms with van der Waals surface area (Å²) in [6.07, 6.45) is 9.45. The normalized spacial score (nSPS) is 42.4. The van der Waals surface area contributed by atoms with Crippen molar-refractivity contribution in [2.45, 2.75) is 70.4 Å². The van der Waals surface area contributed by atoms with Crippen molar-refractivity contribution in [2.24, 2.45) is 11.3 Å². The molecule has 1 aliphatic heterocycles. The fourth-order valence-corrected chi connectivity index (χ4v) is 3.89. The quantitative estimate of drug-likeness (QED) is 0.756. The maximum Gasteiger partial charge on any atom is 0.0838 e. The van der Waals surface area contributed by atoms with Crippen LogP contribution in [0.5, 0.6) is 0 Å². The van der Waals surface area contributed by atoms with Gasteiger partial charge in [0.15, 0.2) is 0 Å².